The molecule has 1 aliphatic heterocycles. The lowest BCUT2D eigenvalue weighted by molar-refractivity contribution is -0.141. The highest BCUT2D eigenvalue weighted by Crippen LogP contribution is 2.34. The van der Waals surface area contributed by atoms with Gasteiger partial charge in [0.05, 0.1) is 19.1 Å². The molecule has 0 aromatic heterocycles. The Morgan fingerprint density at radius 3 is 2.58 bits per heavy atom. The van der Waals surface area contributed by atoms with Crippen LogP contribution < -0.4 is 10.5 Å². The molecule has 2 rings (SSSR count). The van der Waals surface area contributed by atoms with Crippen LogP contribution in [0.4, 0.5) is 0 Å². The van der Waals surface area contributed by atoms with Crippen LogP contribution in [-0.4, -0.2) is 69.4 Å². The first-order chi connectivity index (χ1) is 12.2. The molecular weight excluding hydrogens is 343 g/mol. The summed E-state index contributed by atoms with van der Waals surface area (Å²) in [4.78, 5) is 25.0. The number of carboxylic acid groups (broad SMARTS) is 1. The fourth-order valence-corrected chi connectivity index (χ4v) is 2.69. The first-order valence-electron chi connectivity index (χ1n) is 8.39. The van der Waals surface area contributed by atoms with Crippen molar-refractivity contribution in [1.82, 2.24) is 4.90 Å². The molecular formula is C16H23BN2O7. The smallest absolute Gasteiger partial charge is 0.451 e. The van der Waals surface area contributed by atoms with Gasteiger partial charge in [0.25, 0.3) is 0 Å². The van der Waals surface area contributed by atoms with E-state index in [0.29, 0.717) is 19.5 Å². The van der Waals surface area contributed by atoms with E-state index >= 15 is 0 Å². The van der Waals surface area contributed by atoms with Gasteiger partial charge in [0.15, 0.2) is 0 Å². The van der Waals surface area contributed by atoms with Crippen LogP contribution >= 0.6 is 0 Å². The molecule has 1 aliphatic rings. The number of likely N-dealkylation sites (tertiary alicyclic amines) is 1. The van der Waals surface area contributed by atoms with Crippen LogP contribution in [0.2, 0.25) is 6.32 Å². The van der Waals surface area contributed by atoms with Crippen LogP contribution in [0.5, 0.6) is 11.5 Å². The molecule has 0 aliphatic carbocycles. The van der Waals surface area contributed by atoms with Crippen LogP contribution in [-0.2, 0) is 11.2 Å². The zero-order chi connectivity index (χ0) is 19.4. The number of phenols is 1. The maximum atomic E-state index is 11.9. The molecule has 26 heavy (non-hydrogen) atoms. The quantitative estimate of drug-likeness (QED) is 0.384. The normalized spacial score (nSPS) is 15.3. The Morgan fingerprint density at radius 1 is 1.38 bits per heavy atom. The summed E-state index contributed by atoms with van der Waals surface area (Å²) in [5.74, 6) is -1.99. The van der Waals surface area contributed by atoms with Gasteiger partial charge in [0.2, 0.25) is 5.91 Å². The van der Waals surface area contributed by atoms with Crippen LogP contribution in [0.1, 0.15) is 29.3 Å². The second-order valence-corrected chi connectivity index (χ2v) is 6.27. The molecule has 10 heteroatoms. The third kappa shape index (κ3) is 4.45. The van der Waals surface area contributed by atoms with E-state index in [1.54, 1.807) is 0 Å². The second-order valence-electron chi connectivity index (χ2n) is 6.27. The average molecular weight is 366 g/mol. The minimum atomic E-state index is -1.55. The number of nitrogens with zero attached hydrogens (tertiary/aromatic N) is 1. The largest absolute Gasteiger partial charge is 0.507 e. The Balaban J connectivity index is 2.07. The van der Waals surface area contributed by atoms with Crippen LogP contribution in [0.15, 0.2) is 12.1 Å². The van der Waals surface area contributed by atoms with Crippen molar-refractivity contribution in [1.29, 1.82) is 0 Å². The third-order valence-corrected chi connectivity index (χ3v) is 4.32. The zero-order valence-corrected chi connectivity index (χ0v) is 14.5. The van der Waals surface area contributed by atoms with Crippen LogP contribution in [0, 0.1) is 0 Å². The Labute approximate surface area is 151 Å². The van der Waals surface area contributed by atoms with Crippen molar-refractivity contribution in [3.8, 4) is 11.5 Å². The molecule has 1 saturated heterocycles. The summed E-state index contributed by atoms with van der Waals surface area (Å²) in [6.07, 6.45) is 0.210. The number of aryl methyl sites for hydroxylation is 1. The minimum absolute atomic E-state index is 0.000172. The first kappa shape index (κ1) is 20.0. The number of ether oxygens (including phenoxy) is 1. The van der Waals surface area contributed by atoms with Crippen molar-refractivity contribution in [3.63, 3.8) is 0 Å². The molecule has 1 amide bonds. The summed E-state index contributed by atoms with van der Waals surface area (Å²) in [5, 5.41) is 37.4. The Morgan fingerprint density at radius 2 is 2.04 bits per heavy atom. The molecule has 1 aromatic rings. The number of carbonyl (C=O) groups excluding carboxylic acids is 1. The molecule has 0 radical (unpaired) electrons. The topological polar surface area (TPSA) is 154 Å². The number of nitrogens with two attached hydrogens (primary N) is 1. The second kappa shape index (κ2) is 8.39. The number of rotatable bonds is 8. The highest BCUT2D eigenvalue weighted by molar-refractivity contribution is 6.41. The molecule has 1 heterocycles. The van der Waals surface area contributed by atoms with E-state index in [1.807, 2.05) is 6.92 Å². The highest BCUT2D eigenvalue weighted by atomic mass is 16.5. The number of carboxylic acids is 1. The van der Waals surface area contributed by atoms with E-state index in [4.69, 9.17) is 20.5 Å². The highest BCUT2D eigenvalue weighted by Gasteiger charge is 2.35. The van der Waals surface area contributed by atoms with Gasteiger partial charge >= 0.3 is 13.1 Å². The number of carbonyl (C=O) groups is 2. The number of hydrogen-bond acceptors (Lipinski definition) is 7. The maximum absolute atomic E-state index is 11.9. The fraction of sp³-hybridized carbons (Fsp3) is 0.500. The predicted molar refractivity (Wildman–Crippen MR) is 93.0 cm³/mol. The predicted octanol–water partition coefficient (Wildman–Crippen LogP) is -0.567. The maximum Gasteiger partial charge on any atom is 0.451 e. The number of aromatic carboxylic acids is 1. The van der Waals surface area contributed by atoms with Crippen molar-refractivity contribution in [2.45, 2.75) is 38.2 Å². The Hall–Kier alpha value is -2.30. The molecule has 1 atom stereocenters. The van der Waals surface area contributed by atoms with Gasteiger partial charge < -0.3 is 35.6 Å². The lowest BCUT2D eigenvalue weighted by atomic mass is 9.82. The number of aromatic hydroxyl groups is 1. The van der Waals surface area contributed by atoms with E-state index in [0.717, 1.165) is 0 Å². The summed E-state index contributed by atoms with van der Waals surface area (Å²) in [6, 6.07) is 2.34. The van der Waals surface area contributed by atoms with Gasteiger partial charge in [-0.15, -0.1) is 0 Å². The standard InChI is InChI=1S/C16H23BN2O7/c1-2-11(18)15(21)19-7-10(8-19)26-12-4-3-9(5-6-17(24)25)14(20)13(12)16(22)23/h3-4,10-11,20,24-25H,2,5-8,18H2,1H3,(H,22,23)/t11-/m0/s1. The molecule has 6 N–H and O–H groups in total. The Bertz CT molecular complexity index is 677. The van der Waals surface area contributed by atoms with Gasteiger partial charge in [0.1, 0.15) is 23.2 Å². The summed E-state index contributed by atoms with van der Waals surface area (Å²) in [7, 11) is -1.55. The lowest BCUT2D eigenvalue weighted by Gasteiger charge is -2.40. The van der Waals surface area contributed by atoms with Crippen LogP contribution in [0.3, 0.4) is 0 Å². The molecule has 0 bridgehead atoms. The van der Waals surface area contributed by atoms with E-state index in [2.05, 4.69) is 0 Å². The number of hydrogen-bond donors (Lipinski definition) is 5. The van der Waals surface area contributed by atoms with E-state index in [1.165, 1.54) is 17.0 Å². The molecule has 142 valence electrons. The van der Waals surface area contributed by atoms with Gasteiger partial charge in [-0.2, -0.15) is 0 Å². The van der Waals surface area contributed by atoms with Crippen molar-refractivity contribution in [2.24, 2.45) is 5.73 Å². The van der Waals surface area contributed by atoms with E-state index < -0.39 is 24.9 Å². The molecule has 9 nitrogen and oxygen atoms in total. The summed E-state index contributed by atoms with van der Waals surface area (Å²) >= 11 is 0. The average Bonchev–Trinajstić information content (AvgIpc) is 2.54. The van der Waals surface area contributed by atoms with Crippen molar-refractivity contribution in [3.05, 3.63) is 23.3 Å². The van der Waals surface area contributed by atoms with Crippen molar-refractivity contribution >= 4 is 19.0 Å². The molecule has 0 saturated carbocycles. The third-order valence-electron chi connectivity index (χ3n) is 4.32. The first-order valence-corrected chi connectivity index (χ1v) is 8.39. The van der Waals surface area contributed by atoms with E-state index in [9.17, 15) is 19.8 Å². The van der Waals surface area contributed by atoms with Gasteiger partial charge in [-0.05, 0) is 30.8 Å². The lowest BCUT2D eigenvalue weighted by Crippen LogP contribution is -2.59. The molecule has 0 unspecified atom stereocenters. The molecule has 0 spiro atoms. The minimum Gasteiger partial charge on any atom is -0.507 e. The summed E-state index contributed by atoms with van der Waals surface area (Å²) in [5.41, 5.74) is 5.59. The number of amides is 1. The van der Waals surface area contributed by atoms with Crippen LogP contribution in [0.25, 0.3) is 0 Å². The summed E-state index contributed by atoms with van der Waals surface area (Å²) < 4.78 is 5.62. The van der Waals surface area contributed by atoms with E-state index in [-0.39, 0.29) is 41.6 Å². The Kier molecular flexibility index (Phi) is 6.46. The monoisotopic (exact) mass is 366 g/mol. The SMILES string of the molecule is CC[C@H](N)C(=O)N1CC(Oc2ccc(CCB(O)O)c(O)c2C(=O)O)C1. The van der Waals surface area contributed by atoms with Gasteiger partial charge in [-0.25, -0.2) is 4.79 Å². The fourth-order valence-electron chi connectivity index (χ4n) is 2.69. The molecule has 1 aromatic carbocycles. The van der Waals surface area contributed by atoms with Crippen molar-refractivity contribution < 1.29 is 34.6 Å². The van der Waals surface area contributed by atoms with Crippen molar-refractivity contribution in [2.75, 3.05) is 13.1 Å². The summed E-state index contributed by atoms with van der Waals surface area (Å²) in [6.45, 7) is 2.41. The zero-order valence-electron chi connectivity index (χ0n) is 14.5. The molecule has 1 fully saturated rings. The van der Waals surface area contributed by atoms with Gasteiger partial charge in [-0.1, -0.05) is 13.0 Å². The van der Waals surface area contributed by atoms with Gasteiger partial charge in [0, 0.05) is 0 Å². The van der Waals surface area contributed by atoms with Gasteiger partial charge in [-0.3, -0.25) is 4.79 Å². The number of benzene rings is 1.